The predicted molar refractivity (Wildman–Crippen MR) is 211 cm³/mol. The van der Waals surface area contributed by atoms with Crippen LogP contribution < -0.4 is 15.0 Å². The van der Waals surface area contributed by atoms with E-state index >= 15 is 0 Å². The lowest BCUT2D eigenvalue weighted by atomic mass is 9.94. The van der Waals surface area contributed by atoms with Gasteiger partial charge in [0.15, 0.2) is 10.8 Å². The van der Waals surface area contributed by atoms with Crippen LogP contribution >= 0.6 is 11.3 Å². The third-order valence-electron chi connectivity index (χ3n) is 9.92. The fraction of sp³-hybridized carbons (Fsp3) is 0.357. The fourth-order valence-corrected chi connectivity index (χ4v) is 8.15. The largest absolute Gasteiger partial charge is 0.493 e. The number of ether oxygens (including phenoxy) is 2. The molecule has 2 N–H and O–H groups in total. The summed E-state index contributed by atoms with van der Waals surface area (Å²) in [4.78, 5) is 52.2. The summed E-state index contributed by atoms with van der Waals surface area (Å²) < 4.78 is 13.2. The average molecular weight is 748 g/mol. The van der Waals surface area contributed by atoms with Gasteiger partial charge in [-0.15, -0.1) is 0 Å². The minimum Gasteiger partial charge on any atom is -0.493 e. The van der Waals surface area contributed by atoms with E-state index in [1.165, 1.54) is 11.3 Å². The molecule has 5 aromatic rings. The number of nitrogens with zero attached hydrogens (tertiary/aromatic N) is 4. The van der Waals surface area contributed by atoms with Crippen LogP contribution in [0.4, 0.5) is 10.9 Å². The molecule has 0 aliphatic carbocycles. The van der Waals surface area contributed by atoms with E-state index in [1.807, 2.05) is 99.3 Å². The minimum absolute atomic E-state index is 0.0698. The Balaban J connectivity index is 1.12. The number of esters is 1. The van der Waals surface area contributed by atoms with Gasteiger partial charge in [-0.3, -0.25) is 19.8 Å². The number of aliphatic carboxylic acids is 1. The number of pyridine rings is 1. The lowest BCUT2D eigenvalue weighted by molar-refractivity contribution is -0.138. The smallest absolute Gasteiger partial charge is 0.358 e. The van der Waals surface area contributed by atoms with E-state index in [1.54, 1.807) is 0 Å². The maximum Gasteiger partial charge on any atom is 0.358 e. The van der Waals surface area contributed by atoms with E-state index in [4.69, 9.17) is 19.6 Å². The topological polar surface area (TPSA) is 134 Å². The molecule has 2 aliphatic rings. The number of nitrogens with one attached hydrogen (secondary N) is 1. The summed E-state index contributed by atoms with van der Waals surface area (Å²) in [7, 11) is 0. The zero-order valence-electron chi connectivity index (χ0n) is 31.1. The molecule has 0 saturated carbocycles. The molecule has 3 aromatic carbocycles. The van der Waals surface area contributed by atoms with Gasteiger partial charge in [-0.1, -0.05) is 47.7 Å². The lowest BCUT2D eigenvalue weighted by Gasteiger charge is -2.31. The van der Waals surface area contributed by atoms with Gasteiger partial charge in [0, 0.05) is 30.8 Å². The Morgan fingerprint density at radius 1 is 0.963 bits per heavy atom. The molecule has 7 rings (SSSR count). The molecule has 11 nitrogen and oxygen atoms in total. The summed E-state index contributed by atoms with van der Waals surface area (Å²) in [5.74, 6) is 0.178. The summed E-state index contributed by atoms with van der Waals surface area (Å²) in [6.07, 6.45) is 2.48. The van der Waals surface area contributed by atoms with Gasteiger partial charge in [0.05, 0.1) is 23.4 Å². The van der Waals surface area contributed by atoms with Crippen LogP contribution in [0, 0.1) is 12.8 Å². The number of hydrogen-bond acceptors (Lipinski definition) is 10. The number of amides is 1. The van der Waals surface area contributed by atoms with Crippen molar-refractivity contribution in [3.05, 3.63) is 101 Å². The Labute approximate surface area is 318 Å². The SMILES string of the molecule is Cc1c(OCC[C@@H]2CCN(CC(=O)O)C2)cccc1-c1ccc(N2CCc3cccc(C(=O)Nc4nc5ccccc5s4)c3C2)nc1C(=O)OC(C)(C)C. The number of carbonyl (C=O) groups is 3. The zero-order chi connectivity index (χ0) is 38.0. The van der Waals surface area contributed by atoms with Crippen molar-refractivity contribution in [2.24, 2.45) is 5.92 Å². The van der Waals surface area contributed by atoms with Crippen LogP contribution in [-0.4, -0.2) is 76.2 Å². The molecule has 0 unspecified atom stereocenters. The van der Waals surface area contributed by atoms with Crippen LogP contribution in [0.2, 0.25) is 0 Å². The molecule has 1 atom stereocenters. The molecule has 1 saturated heterocycles. The predicted octanol–water partition coefficient (Wildman–Crippen LogP) is 7.61. The number of fused-ring (bicyclic) bond motifs is 2. The van der Waals surface area contributed by atoms with Gasteiger partial charge in [-0.05, 0) is 118 Å². The highest BCUT2D eigenvalue weighted by Gasteiger charge is 2.28. The molecule has 0 spiro atoms. The molecule has 280 valence electrons. The Kier molecular flexibility index (Phi) is 10.7. The van der Waals surface area contributed by atoms with Crippen LogP contribution in [-0.2, 0) is 22.5 Å². The van der Waals surface area contributed by atoms with Crippen molar-refractivity contribution in [3.8, 4) is 16.9 Å². The number of carbonyl (C=O) groups excluding carboxylic acids is 2. The molecule has 0 bridgehead atoms. The van der Waals surface area contributed by atoms with Gasteiger partial charge in [0.25, 0.3) is 5.91 Å². The number of rotatable bonds is 11. The highest BCUT2D eigenvalue weighted by molar-refractivity contribution is 7.22. The number of benzene rings is 3. The van der Waals surface area contributed by atoms with Crippen molar-refractivity contribution < 1.29 is 29.0 Å². The van der Waals surface area contributed by atoms with E-state index in [0.29, 0.717) is 54.1 Å². The van der Waals surface area contributed by atoms with Crippen LogP contribution in [0.1, 0.15) is 71.1 Å². The van der Waals surface area contributed by atoms with Gasteiger partial charge in [0.1, 0.15) is 17.2 Å². The highest BCUT2D eigenvalue weighted by Crippen LogP contribution is 2.36. The summed E-state index contributed by atoms with van der Waals surface area (Å²) >= 11 is 1.44. The fourth-order valence-electron chi connectivity index (χ4n) is 7.29. The molecule has 1 fully saturated rings. The number of hydrogen-bond donors (Lipinski definition) is 2. The number of likely N-dealkylation sites (tertiary alicyclic amines) is 1. The first-order valence-corrected chi connectivity index (χ1v) is 19.2. The van der Waals surface area contributed by atoms with Crippen molar-refractivity contribution in [1.29, 1.82) is 0 Å². The summed E-state index contributed by atoms with van der Waals surface area (Å²) in [6, 6.07) is 23.3. The summed E-state index contributed by atoms with van der Waals surface area (Å²) in [5.41, 5.74) is 5.26. The van der Waals surface area contributed by atoms with Gasteiger partial charge in [-0.25, -0.2) is 14.8 Å². The summed E-state index contributed by atoms with van der Waals surface area (Å²) in [6.45, 7) is 10.7. The first-order chi connectivity index (χ1) is 25.9. The van der Waals surface area contributed by atoms with Crippen molar-refractivity contribution in [1.82, 2.24) is 14.9 Å². The van der Waals surface area contributed by atoms with E-state index in [9.17, 15) is 14.4 Å². The highest BCUT2D eigenvalue weighted by atomic mass is 32.1. The van der Waals surface area contributed by atoms with Crippen molar-refractivity contribution in [2.75, 3.05) is 43.0 Å². The Bertz CT molecular complexity index is 2180. The normalized spacial score (nSPS) is 15.9. The molecule has 1 amide bonds. The Hall–Kier alpha value is -5.33. The number of carboxylic acid groups (broad SMARTS) is 1. The quantitative estimate of drug-likeness (QED) is 0.130. The van der Waals surface area contributed by atoms with Gasteiger partial charge >= 0.3 is 11.9 Å². The van der Waals surface area contributed by atoms with E-state index in [2.05, 4.69) is 21.3 Å². The van der Waals surface area contributed by atoms with Crippen LogP contribution in [0.15, 0.2) is 72.8 Å². The van der Waals surface area contributed by atoms with Crippen molar-refractivity contribution >= 4 is 50.3 Å². The van der Waals surface area contributed by atoms with E-state index < -0.39 is 17.5 Å². The second kappa shape index (κ2) is 15.6. The molecule has 12 heteroatoms. The first kappa shape index (κ1) is 37.0. The molecular weight excluding hydrogens is 703 g/mol. The molecule has 2 aliphatic heterocycles. The molecule has 2 aromatic heterocycles. The van der Waals surface area contributed by atoms with E-state index in [0.717, 1.165) is 64.2 Å². The molecule has 0 radical (unpaired) electrons. The van der Waals surface area contributed by atoms with Crippen LogP contribution in [0.3, 0.4) is 0 Å². The molecule has 4 heterocycles. The monoisotopic (exact) mass is 747 g/mol. The number of anilines is 2. The maximum atomic E-state index is 13.8. The van der Waals surface area contributed by atoms with Crippen molar-refractivity contribution in [3.63, 3.8) is 0 Å². The Morgan fingerprint density at radius 2 is 1.78 bits per heavy atom. The van der Waals surface area contributed by atoms with Crippen LogP contribution in [0.5, 0.6) is 5.75 Å². The molecule has 54 heavy (non-hydrogen) atoms. The maximum absolute atomic E-state index is 13.8. The van der Waals surface area contributed by atoms with Gasteiger partial charge < -0.3 is 19.5 Å². The van der Waals surface area contributed by atoms with E-state index in [-0.39, 0.29) is 18.1 Å². The third kappa shape index (κ3) is 8.40. The average Bonchev–Trinajstić information content (AvgIpc) is 3.76. The first-order valence-electron chi connectivity index (χ1n) is 18.4. The zero-order valence-corrected chi connectivity index (χ0v) is 31.9. The van der Waals surface area contributed by atoms with Gasteiger partial charge in [-0.2, -0.15) is 0 Å². The second-order valence-corrected chi connectivity index (χ2v) is 16.0. The number of carboxylic acids is 1. The number of thiazole rings is 1. The number of para-hydroxylation sites is 1. The van der Waals surface area contributed by atoms with Gasteiger partial charge in [0.2, 0.25) is 0 Å². The summed E-state index contributed by atoms with van der Waals surface area (Å²) in [5, 5.41) is 12.7. The number of aromatic nitrogens is 2. The van der Waals surface area contributed by atoms with Crippen molar-refractivity contribution in [2.45, 2.75) is 59.1 Å². The minimum atomic E-state index is -0.801. The molecular formula is C42H45N5O6S. The second-order valence-electron chi connectivity index (χ2n) is 15.0. The lowest BCUT2D eigenvalue weighted by Crippen LogP contribution is -2.33. The third-order valence-corrected chi connectivity index (χ3v) is 10.9. The Morgan fingerprint density at radius 3 is 2.57 bits per heavy atom. The van der Waals surface area contributed by atoms with Crippen LogP contribution in [0.25, 0.3) is 21.3 Å². The standard InChI is InChI=1S/C42H45N5O6S/c1-26-29(10-8-13-34(26)52-22-19-27-17-20-46(23-27)25-37(48)49)30-15-16-36(44-38(30)40(51)53-42(2,3)4)47-21-18-28-9-7-11-31(32(28)24-47)39(50)45-41-43-33-12-5-6-14-35(33)54-41/h5-16,27H,17-25H2,1-4H3,(H,48,49)(H,43,45,50)/t27-/m0/s1.